The van der Waals surface area contributed by atoms with Crippen molar-refractivity contribution in [1.29, 1.82) is 0 Å². The highest BCUT2D eigenvalue weighted by Crippen LogP contribution is 2.24. The van der Waals surface area contributed by atoms with Crippen LogP contribution in [0.15, 0.2) is 24.3 Å². The first-order valence-electron chi connectivity index (χ1n) is 4.45. The molecular weight excluding hydrogens is 170 g/mol. The first kappa shape index (κ1) is 8.09. The van der Waals surface area contributed by atoms with E-state index in [2.05, 4.69) is 17.4 Å². The molecule has 1 aromatic rings. The molecule has 1 saturated heterocycles. The van der Waals surface area contributed by atoms with Crippen LogP contribution in [0.1, 0.15) is 24.4 Å². The minimum Gasteiger partial charge on any atom is -0.340 e. The third-order valence-electron chi connectivity index (χ3n) is 2.48. The van der Waals surface area contributed by atoms with Gasteiger partial charge in [0.25, 0.3) is 0 Å². The Labute approximate surface area is 77.7 Å². The number of quaternary nitrogens is 1. The van der Waals surface area contributed by atoms with Crippen LogP contribution in [0.5, 0.6) is 0 Å². The first-order valence-corrected chi connectivity index (χ1v) is 4.83. The van der Waals surface area contributed by atoms with E-state index < -0.39 is 0 Å². The van der Waals surface area contributed by atoms with Crippen molar-refractivity contribution in [3.05, 3.63) is 34.9 Å². The summed E-state index contributed by atoms with van der Waals surface area (Å²) in [6, 6.07) is 8.77. The number of hydrogen-bond acceptors (Lipinski definition) is 0. The molecule has 0 spiro atoms. The van der Waals surface area contributed by atoms with Gasteiger partial charge in [0, 0.05) is 23.4 Å². The maximum atomic E-state index is 6.08. The molecule has 12 heavy (non-hydrogen) atoms. The summed E-state index contributed by atoms with van der Waals surface area (Å²) in [7, 11) is 0. The molecule has 1 aliphatic heterocycles. The second-order valence-corrected chi connectivity index (χ2v) is 3.70. The van der Waals surface area contributed by atoms with Gasteiger partial charge in [0.15, 0.2) is 0 Å². The summed E-state index contributed by atoms with van der Waals surface area (Å²) < 4.78 is 0. The van der Waals surface area contributed by atoms with Crippen LogP contribution >= 0.6 is 11.6 Å². The van der Waals surface area contributed by atoms with Crippen LogP contribution in [0.4, 0.5) is 0 Å². The van der Waals surface area contributed by atoms with Crippen molar-refractivity contribution in [2.45, 2.75) is 18.9 Å². The summed E-state index contributed by atoms with van der Waals surface area (Å²) in [5.74, 6) is 0. The minimum atomic E-state index is 0.610. The van der Waals surface area contributed by atoms with Crippen LogP contribution in [-0.4, -0.2) is 6.54 Å². The summed E-state index contributed by atoms with van der Waals surface area (Å²) >= 11 is 6.08. The van der Waals surface area contributed by atoms with Crippen molar-refractivity contribution in [3.63, 3.8) is 0 Å². The van der Waals surface area contributed by atoms with Gasteiger partial charge in [-0.05, 0) is 6.07 Å². The molecule has 2 heteroatoms. The van der Waals surface area contributed by atoms with Gasteiger partial charge in [-0.15, -0.1) is 0 Å². The lowest BCUT2D eigenvalue weighted by atomic mass is 10.1. The molecule has 0 aliphatic carbocycles. The minimum absolute atomic E-state index is 0.610. The number of hydrogen-bond donors (Lipinski definition) is 1. The lowest BCUT2D eigenvalue weighted by molar-refractivity contribution is -0.676. The maximum absolute atomic E-state index is 6.08. The Balaban J connectivity index is 2.26. The molecule has 64 valence electrons. The van der Waals surface area contributed by atoms with E-state index in [9.17, 15) is 0 Å². The molecule has 1 aliphatic rings. The highest BCUT2D eigenvalue weighted by Gasteiger charge is 2.21. The van der Waals surface area contributed by atoms with Gasteiger partial charge < -0.3 is 5.32 Å². The zero-order valence-electron chi connectivity index (χ0n) is 6.96. The van der Waals surface area contributed by atoms with Crippen LogP contribution < -0.4 is 5.32 Å². The fraction of sp³-hybridized carbons (Fsp3) is 0.400. The highest BCUT2D eigenvalue weighted by molar-refractivity contribution is 6.31. The molecular formula is C10H13ClN+. The van der Waals surface area contributed by atoms with Crippen molar-refractivity contribution < 1.29 is 5.32 Å². The SMILES string of the molecule is Clc1ccccc1[C@H]1CCC[NH2+]1. The smallest absolute Gasteiger partial charge is 0.113 e. The molecule has 0 bridgehead atoms. The van der Waals surface area contributed by atoms with Crippen molar-refractivity contribution >= 4 is 11.6 Å². The van der Waals surface area contributed by atoms with Gasteiger partial charge in [0.2, 0.25) is 0 Å². The summed E-state index contributed by atoms with van der Waals surface area (Å²) in [5.41, 5.74) is 1.30. The molecule has 1 nitrogen and oxygen atoms in total. The number of halogens is 1. The second kappa shape index (κ2) is 3.46. The highest BCUT2D eigenvalue weighted by atomic mass is 35.5. The van der Waals surface area contributed by atoms with E-state index in [1.165, 1.54) is 24.9 Å². The first-order chi connectivity index (χ1) is 5.88. The number of nitrogens with two attached hydrogens (primary N) is 1. The Morgan fingerprint density at radius 1 is 1.33 bits per heavy atom. The number of rotatable bonds is 1. The monoisotopic (exact) mass is 182 g/mol. The average molecular weight is 183 g/mol. The van der Waals surface area contributed by atoms with E-state index in [4.69, 9.17) is 11.6 Å². The van der Waals surface area contributed by atoms with E-state index in [1.54, 1.807) is 0 Å². The second-order valence-electron chi connectivity index (χ2n) is 3.29. The molecule has 1 fully saturated rings. The van der Waals surface area contributed by atoms with E-state index in [-0.39, 0.29) is 0 Å². The van der Waals surface area contributed by atoms with Gasteiger partial charge in [-0.3, -0.25) is 0 Å². The van der Waals surface area contributed by atoms with Gasteiger partial charge in [-0.25, -0.2) is 0 Å². The van der Waals surface area contributed by atoms with E-state index in [0.29, 0.717) is 6.04 Å². The summed E-state index contributed by atoms with van der Waals surface area (Å²) in [4.78, 5) is 0. The van der Waals surface area contributed by atoms with Crippen LogP contribution in [0, 0.1) is 0 Å². The molecule has 0 amide bonds. The van der Waals surface area contributed by atoms with E-state index >= 15 is 0 Å². The fourth-order valence-corrected chi connectivity index (χ4v) is 2.11. The van der Waals surface area contributed by atoms with E-state index in [1.807, 2.05) is 12.1 Å². The molecule has 1 heterocycles. The molecule has 0 radical (unpaired) electrons. The largest absolute Gasteiger partial charge is 0.340 e. The maximum Gasteiger partial charge on any atom is 0.113 e. The molecule has 0 aromatic heterocycles. The van der Waals surface area contributed by atoms with Crippen LogP contribution in [0.2, 0.25) is 5.02 Å². The third kappa shape index (κ3) is 1.47. The number of benzene rings is 1. The summed E-state index contributed by atoms with van der Waals surface area (Å²) in [5, 5.41) is 3.29. The zero-order valence-corrected chi connectivity index (χ0v) is 7.72. The molecule has 1 aromatic carbocycles. The van der Waals surface area contributed by atoms with Crippen LogP contribution in [-0.2, 0) is 0 Å². The average Bonchev–Trinajstić information content (AvgIpc) is 2.57. The quantitative estimate of drug-likeness (QED) is 0.682. The topological polar surface area (TPSA) is 16.6 Å². The Bertz CT molecular complexity index is 266. The molecule has 2 rings (SSSR count). The summed E-state index contributed by atoms with van der Waals surface area (Å²) in [6.07, 6.45) is 2.58. The Hall–Kier alpha value is -0.530. The Kier molecular flexibility index (Phi) is 2.33. The van der Waals surface area contributed by atoms with Crippen LogP contribution in [0.25, 0.3) is 0 Å². The standard InChI is InChI=1S/C10H12ClN/c11-9-5-2-1-4-8(9)10-6-3-7-12-10/h1-2,4-5,10,12H,3,6-7H2/p+1/t10-/m1/s1. The normalized spacial score (nSPS) is 22.9. The Morgan fingerprint density at radius 2 is 2.17 bits per heavy atom. The van der Waals surface area contributed by atoms with Gasteiger partial charge in [0.1, 0.15) is 6.04 Å². The van der Waals surface area contributed by atoms with Gasteiger partial charge in [-0.2, -0.15) is 0 Å². The zero-order chi connectivity index (χ0) is 8.39. The third-order valence-corrected chi connectivity index (χ3v) is 2.82. The van der Waals surface area contributed by atoms with Gasteiger partial charge in [-0.1, -0.05) is 29.8 Å². The van der Waals surface area contributed by atoms with Crippen molar-refractivity contribution in [1.82, 2.24) is 0 Å². The lowest BCUT2D eigenvalue weighted by Crippen LogP contribution is -2.81. The Morgan fingerprint density at radius 3 is 2.83 bits per heavy atom. The van der Waals surface area contributed by atoms with E-state index in [0.717, 1.165) is 5.02 Å². The van der Waals surface area contributed by atoms with Gasteiger partial charge >= 0.3 is 0 Å². The molecule has 2 N–H and O–H groups in total. The lowest BCUT2D eigenvalue weighted by Gasteiger charge is -2.08. The molecule has 1 atom stereocenters. The fourth-order valence-electron chi connectivity index (χ4n) is 1.83. The molecule has 0 saturated carbocycles. The predicted octanol–water partition coefficient (Wildman–Crippen LogP) is 1.74. The molecule has 0 unspecified atom stereocenters. The van der Waals surface area contributed by atoms with Crippen LogP contribution in [0.3, 0.4) is 0 Å². The van der Waals surface area contributed by atoms with Crippen molar-refractivity contribution in [3.8, 4) is 0 Å². The summed E-state index contributed by atoms with van der Waals surface area (Å²) in [6.45, 7) is 1.25. The van der Waals surface area contributed by atoms with Crippen molar-refractivity contribution in [2.75, 3.05) is 6.54 Å². The predicted molar refractivity (Wildman–Crippen MR) is 50.2 cm³/mol. The van der Waals surface area contributed by atoms with Gasteiger partial charge in [0.05, 0.1) is 6.54 Å². The van der Waals surface area contributed by atoms with Crippen molar-refractivity contribution in [2.24, 2.45) is 0 Å².